The molecule has 0 aliphatic carbocycles. The van der Waals surface area contributed by atoms with Gasteiger partial charge in [-0.2, -0.15) is 5.10 Å². The van der Waals surface area contributed by atoms with Gasteiger partial charge >= 0.3 is 0 Å². The molecule has 1 N–H and O–H groups in total. The normalized spacial score (nSPS) is 29.0. The number of rotatable bonds is 2. The van der Waals surface area contributed by atoms with E-state index < -0.39 is 0 Å². The van der Waals surface area contributed by atoms with Crippen LogP contribution in [-0.4, -0.2) is 39.7 Å². The molecule has 2 aliphatic rings. The van der Waals surface area contributed by atoms with Crippen LogP contribution in [0.1, 0.15) is 49.2 Å². The van der Waals surface area contributed by atoms with Crippen LogP contribution in [0.3, 0.4) is 0 Å². The molecule has 1 saturated heterocycles. The highest BCUT2D eigenvalue weighted by Crippen LogP contribution is 2.28. The number of hydrogen-bond donors (Lipinski definition) is 1. The minimum absolute atomic E-state index is 0.175. The Labute approximate surface area is 101 Å². The van der Waals surface area contributed by atoms with E-state index in [1.54, 1.807) is 0 Å². The Bertz CT molecular complexity index is 385. The number of nitrogens with zero attached hydrogens (tertiary/aromatic N) is 3. The summed E-state index contributed by atoms with van der Waals surface area (Å²) in [5.74, 6) is 2.41. The molecule has 0 radical (unpaired) electrons. The summed E-state index contributed by atoms with van der Waals surface area (Å²) >= 11 is 0. The molecule has 94 valence electrons. The number of aromatic nitrogens is 3. The lowest BCUT2D eigenvalue weighted by Gasteiger charge is -2.19. The molecule has 5 heteroatoms. The lowest BCUT2D eigenvalue weighted by molar-refractivity contribution is 0.0780. The Kier molecular flexibility index (Phi) is 3.11. The Hall–Kier alpha value is -0.940. The van der Waals surface area contributed by atoms with Gasteiger partial charge < -0.3 is 9.84 Å². The van der Waals surface area contributed by atoms with Gasteiger partial charge in [0.25, 0.3) is 0 Å². The molecule has 1 aromatic heterocycles. The van der Waals surface area contributed by atoms with Gasteiger partial charge in [0.1, 0.15) is 5.82 Å². The highest BCUT2D eigenvalue weighted by Gasteiger charge is 2.27. The lowest BCUT2D eigenvalue weighted by Crippen LogP contribution is -2.19. The fourth-order valence-corrected chi connectivity index (χ4v) is 2.75. The average Bonchev–Trinajstić information content (AvgIpc) is 2.83. The molecule has 17 heavy (non-hydrogen) atoms. The summed E-state index contributed by atoms with van der Waals surface area (Å²) in [6.45, 7) is 2.72. The Morgan fingerprint density at radius 2 is 2.29 bits per heavy atom. The molecule has 3 heterocycles. The van der Waals surface area contributed by atoms with Crippen molar-refractivity contribution in [1.29, 1.82) is 0 Å². The third kappa shape index (κ3) is 2.09. The zero-order valence-electron chi connectivity index (χ0n) is 10.0. The second-order valence-electron chi connectivity index (χ2n) is 4.99. The van der Waals surface area contributed by atoms with Gasteiger partial charge in [0.05, 0.1) is 13.2 Å². The average molecular weight is 237 g/mol. The first-order valence-corrected chi connectivity index (χ1v) is 6.51. The molecule has 2 atom stereocenters. The van der Waals surface area contributed by atoms with E-state index in [1.807, 2.05) is 4.68 Å². The van der Waals surface area contributed by atoms with Crippen LogP contribution in [0.15, 0.2) is 0 Å². The topological polar surface area (TPSA) is 60.2 Å². The zero-order valence-corrected chi connectivity index (χ0v) is 10.0. The van der Waals surface area contributed by atoms with Crippen molar-refractivity contribution >= 4 is 0 Å². The quantitative estimate of drug-likeness (QED) is 0.835. The maximum Gasteiger partial charge on any atom is 0.156 e. The fourth-order valence-electron chi connectivity index (χ4n) is 2.75. The summed E-state index contributed by atoms with van der Waals surface area (Å²) in [4.78, 5) is 4.64. The van der Waals surface area contributed by atoms with Gasteiger partial charge in [-0.1, -0.05) is 0 Å². The number of aryl methyl sites for hydroxylation is 1. The summed E-state index contributed by atoms with van der Waals surface area (Å²) < 4.78 is 7.46. The molecule has 0 spiro atoms. The third-order valence-electron chi connectivity index (χ3n) is 3.75. The largest absolute Gasteiger partial charge is 0.396 e. The first-order chi connectivity index (χ1) is 8.38. The third-order valence-corrected chi connectivity index (χ3v) is 3.75. The van der Waals surface area contributed by atoms with Gasteiger partial charge in [0.2, 0.25) is 0 Å². The van der Waals surface area contributed by atoms with Crippen LogP contribution in [0.5, 0.6) is 0 Å². The second-order valence-corrected chi connectivity index (χ2v) is 4.99. The van der Waals surface area contributed by atoms with E-state index in [4.69, 9.17) is 4.74 Å². The first kappa shape index (κ1) is 11.2. The SMILES string of the molecule is OCC1CCCn2nc(C3CCCOC3)nc21. The molecular weight excluding hydrogens is 218 g/mol. The minimum Gasteiger partial charge on any atom is -0.396 e. The Balaban J connectivity index is 1.84. The summed E-state index contributed by atoms with van der Waals surface area (Å²) in [5, 5.41) is 13.9. The van der Waals surface area contributed by atoms with E-state index in [0.717, 1.165) is 57.1 Å². The number of aliphatic hydroxyl groups excluding tert-OH is 1. The van der Waals surface area contributed by atoms with E-state index >= 15 is 0 Å². The number of aliphatic hydroxyl groups is 1. The molecule has 2 aliphatic heterocycles. The Morgan fingerprint density at radius 3 is 3.06 bits per heavy atom. The molecule has 1 aromatic rings. The minimum atomic E-state index is 0.175. The number of ether oxygens (including phenoxy) is 1. The maximum absolute atomic E-state index is 9.35. The Morgan fingerprint density at radius 1 is 1.35 bits per heavy atom. The summed E-state index contributed by atoms with van der Waals surface area (Å²) in [6.07, 6.45) is 4.32. The van der Waals surface area contributed by atoms with Crippen molar-refractivity contribution in [2.45, 2.75) is 44.1 Å². The highest BCUT2D eigenvalue weighted by molar-refractivity contribution is 5.06. The van der Waals surface area contributed by atoms with Crippen molar-refractivity contribution in [2.75, 3.05) is 19.8 Å². The van der Waals surface area contributed by atoms with Gasteiger partial charge in [-0.15, -0.1) is 0 Å². The van der Waals surface area contributed by atoms with Crippen LogP contribution >= 0.6 is 0 Å². The van der Waals surface area contributed by atoms with Gasteiger partial charge in [-0.05, 0) is 25.7 Å². The standard InChI is InChI=1S/C12H19N3O2/c16-7-9-3-1-5-15-12(9)13-11(14-15)10-4-2-6-17-8-10/h9-10,16H,1-8H2. The molecular formula is C12H19N3O2. The predicted molar refractivity (Wildman–Crippen MR) is 61.9 cm³/mol. The van der Waals surface area contributed by atoms with Crippen LogP contribution in [-0.2, 0) is 11.3 Å². The zero-order chi connectivity index (χ0) is 11.7. The first-order valence-electron chi connectivity index (χ1n) is 6.51. The molecule has 0 amide bonds. The fraction of sp³-hybridized carbons (Fsp3) is 0.833. The molecule has 0 aromatic carbocycles. The molecule has 0 saturated carbocycles. The van der Waals surface area contributed by atoms with E-state index in [-0.39, 0.29) is 12.5 Å². The van der Waals surface area contributed by atoms with Crippen molar-refractivity contribution in [3.05, 3.63) is 11.6 Å². The highest BCUT2D eigenvalue weighted by atomic mass is 16.5. The molecule has 2 unspecified atom stereocenters. The number of hydrogen-bond acceptors (Lipinski definition) is 4. The van der Waals surface area contributed by atoms with E-state index in [2.05, 4.69) is 10.1 Å². The van der Waals surface area contributed by atoms with Crippen LogP contribution in [0, 0.1) is 0 Å². The number of fused-ring (bicyclic) bond motifs is 1. The van der Waals surface area contributed by atoms with Crippen molar-refractivity contribution in [1.82, 2.24) is 14.8 Å². The molecule has 0 bridgehead atoms. The second kappa shape index (κ2) is 4.74. The van der Waals surface area contributed by atoms with Gasteiger partial charge in [-0.3, -0.25) is 0 Å². The van der Waals surface area contributed by atoms with Gasteiger partial charge in [0.15, 0.2) is 5.82 Å². The molecule has 5 nitrogen and oxygen atoms in total. The van der Waals surface area contributed by atoms with Gasteiger partial charge in [0, 0.05) is 25.0 Å². The monoisotopic (exact) mass is 237 g/mol. The smallest absolute Gasteiger partial charge is 0.156 e. The van der Waals surface area contributed by atoms with E-state index in [9.17, 15) is 5.11 Å². The van der Waals surface area contributed by atoms with Crippen LogP contribution in [0.2, 0.25) is 0 Å². The predicted octanol–water partition coefficient (Wildman–Crippen LogP) is 1.04. The van der Waals surface area contributed by atoms with E-state index in [0.29, 0.717) is 5.92 Å². The van der Waals surface area contributed by atoms with Crippen LogP contribution < -0.4 is 0 Å². The van der Waals surface area contributed by atoms with Crippen LogP contribution in [0.25, 0.3) is 0 Å². The van der Waals surface area contributed by atoms with Crippen molar-refractivity contribution < 1.29 is 9.84 Å². The van der Waals surface area contributed by atoms with Crippen molar-refractivity contribution in [3.8, 4) is 0 Å². The van der Waals surface area contributed by atoms with Crippen LogP contribution in [0.4, 0.5) is 0 Å². The summed E-state index contributed by atoms with van der Waals surface area (Å²) in [6, 6.07) is 0. The van der Waals surface area contributed by atoms with Crippen molar-refractivity contribution in [2.24, 2.45) is 0 Å². The lowest BCUT2D eigenvalue weighted by atomic mass is 10.00. The molecule has 3 rings (SSSR count). The maximum atomic E-state index is 9.35. The molecule has 1 fully saturated rings. The van der Waals surface area contributed by atoms with Crippen molar-refractivity contribution in [3.63, 3.8) is 0 Å². The van der Waals surface area contributed by atoms with Gasteiger partial charge in [-0.25, -0.2) is 9.67 Å². The summed E-state index contributed by atoms with van der Waals surface area (Å²) in [7, 11) is 0. The van der Waals surface area contributed by atoms with E-state index in [1.165, 1.54) is 0 Å². The summed E-state index contributed by atoms with van der Waals surface area (Å²) in [5.41, 5.74) is 0.